The van der Waals surface area contributed by atoms with Crippen molar-refractivity contribution >= 4 is 23.6 Å². The molecule has 0 aromatic heterocycles. The fourth-order valence-electron chi connectivity index (χ4n) is 7.00. The molecule has 12 nitrogen and oxygen atoms in total. The minimum Gasteiger partial charge on any atom is -0.386 e. The lowest BCUT2D eigenvalue weighted by Crippen LogP contribution is -2.55. The van der Waals surface area contributed by atoms with Crippen LogP contribution in [-0.2, 0) is 28.7 Å². The quantitative estimate of drug-likeness (QED) is 0.135. The molecule has 0 radical (unpaired) electrons. The van der Waals surface area contributed by atoms with Gasteiger partial charge < -0.3 is 35.0 Å². The largest absolute Gasteiger partial charge is 0.386 e. The summed E-state index contributed by atoms with van der Waals surface area (Å²) in [5, 5.41) is 16.4. The number of rotatable bonds is 21. The zero-order valence-corrected chi connectivity index (χ0v) is 36.6. The average Bonchev–Trinajstić information content (AvgIpc) is 3.62. The highest BCUT2D eigenvalue weighted by Gasteiger charge is 2.42. The molecule has 1 saturated heterocycles. The molecule has 12 heteroatoms. The second kappa shape index (κ2) is 28.4. The fourth-order valence-corrected chi connectivity index (χ4v) is 7.00. The molecule has 314 valence electrons. The number of methoxy groups -OCH3 is 2. The molecular formula is C42H79N5O7. The Hall–Kier alpha value is -3.06. The van der Waals surface area contributed by atoms with E-state index < -0.39 is 36.3 Å². The van der Waals surface area contributed by atoms with Crippen LogP contribution in [-0.4, -0.2) is 134 Å². The lowest BCUT2D eigenvalue weighted by atomic mass is 9.90. The van der Waals surface area contributed by atoms with Crippen molar-refractivity contribution in [3.63, 3.8) is 0 Å². The van der Waals surface area contributed by atoms with Crippen LogP contribution >= 0.6 is 0 Å². The van der Waals surface area contributed by atoms with Crippen molar-refractivity contribution in [2.24, 2.45) is 17.8 Å². The molecule has 1 fully saturated rings. The fraction of sp³-hybridized carbons (Fsp3) is 0.762. The number of aliphatic hydroxyl groups is 1. The Morgan fingerprint density at radius 1 is 0.963 bits per heavy atom. The predicted octanol–water partition coefficient (Wildman–Crippen LogP) is 5.22. The summed E-state index contributed by atoms with van der Waals surface area (Å²) in [6.45, 7) is 27.4. The van der Waals surface area contributed by atoms with E-state index in [-0.39, 0.29) is 60.5 Å². The van der Waals surface area contributed by atoms with Gasteiger partial charge in [0, 0.05) is 27.8 Å². The molecule has 1 aliphatic heterocycles. The molecule has 3 N–H and O–H groups in total. The zero-order valence-electron chi connectivity index (χ0n) is 36.6. The van der Waals surface area contributed by atoms with Crippen LogP contribution in [0.4, 0.5) is 0 Å². The summed E-state index contributed by atoms with van der Waals surface area (Å²) in [7, 11) is 8.44. The number of ether oxygens (including phenoxy) is 2. The second-order valence-electron chi connectivity index (χ2n) is 14.6. The molecule has 1 heterocycles. The van der Waals surface area contributed by atoms with Crippen molar-refractivity contribution in [1.29, 1.82) is 0 Å². The Balaban J connectivity index is 0. The molecule has 1 aliphatic rings. The van der Waals surface area contributed by atoms with Gasteiger partial charge in [-0.2, -0.15) is 0 Å². The normalized spacial score (nSPS) is 18.7. The maximum absolute atomic E-state index is 14.0. The van der Waals surface area contributed by atoms with Crippen molar-refractivity contribution in [2.75, 3.05) is 48.5 Å². The van der Waals surface area contributed by atoms with E-state index >= 15 is 0 Å². The zero-order chi connectivity index (χ0) is 42.3. The first kappa shape index (κ1) is 53.0. The van der Waals surface area contributed by atoms with Crippen LogP contribution in [0.1, 0.15) is 101 Å². The number of nitrogens with one attached hydrogen (secondary N) is 2. The number of hydrogen-bond acceptors (Lipinski definition) is 8. The average molecular weight is 766 g/mol. The van der Waals surface area contributed by atoms with Gasteiger partial charge in [0.1, 0.15) is 0 Å². The Kier molecular flexibility index (Phi) is 27.9. The number of carbonyl (C=O) groups is 4. The second-order valence-corrected chi connectivity index (χ2v) is 14.6. The number of carbonyl (C=O) groups excluding carboxylic acids is 4. The third-order valence-corrected chi connectivity index (χ3v) is 9.91. The lowest BCUT2D eigenvalue weighted by Gasteiger charge is -2.39. The molecule has 9 atom stereocenters. The van der Waals surface area contributed by atoms with Crippen molar-refractivity contribution in [2.45, 2.75) is 144 Å². The summed E-state index contributed by atoms with van der Waals surface area (Å²) in [5.41, 5.74) is 0.538. The maximum Gasteiger partial charge on any atom is 0.242 e. The first-order valence-electron chi connectivity index (χ1n) is 19.9. The highest BCUT2D eigenvalue weighted by atomic mass is 16.5. The number of likely N-dealkylation sites (tertiary alicyclic amines) is 1. The van der Waals surface area contributed by atoms with Gasteiger partial charge in [0.2, 0.25) is 23.6 Å². The van der Waals surface area contributed by atoms with Crippen LogP contribution < -0.4 is 10.6 Å². The van der Waals surface area contributed by atoms with Crippen LogP contribution in [0.2, 0.25) is 0 Å². The molecule has 0 aromatic rings. The van der Waals surface area contributed by atoms with Crippen LogP contribution in [0.3, 0.4) is 0 Å². The van der Waals surface area contributed by atoms with E-state index in [2.05, 4.69) is 37.6 Å². The monoisotopic (exact) mass is 766 g/mol. The Morgan fingerprint density at radius 2 is 1.54 bits per heavy atom. The first-order valence-corrected chi connectivity index (χ1v) is 19.9. The summed E-state index contributed by atoms with van der Waals surface area (Å²) in [4.78, 5) is 58.8. The third kappa shape index (κ3) is 16.4. The van der Waals surface area contributed by atoms with Crippen LogP contribution in [0, 0.1) is 17.8 Å². The highest BCUT2D eigenvalue weighted by molar-refractivity contribution is 5.87. The molecule has 9 unspecified atom stereocenters. The van der Waals surface area contributed by atoms with Gasteiger partial charge in [-0.1, -0.05) is 107 Å². The molecule has 0 bridgehead atoms. The number of hydrogen-bond donors (Lipinski definition) is 3. The number of allylic oxidation sites excluding steroid dienone is 2. The van der Waals surface area contributed by atoms with E-state index in [1.807, 2.05) is 60.5 Å². The SMILES string of the molecule is C=C/C=C(\C=C)C(O)C(C)NC(=O)C(C)C(OC)C1CCCN1C(=O)CC(OC)C(C(C)CC)N(C)C(=O)CNC(=O)C(C(C)C)N(C)C.CC.CCC. The molecule has 1 rings (SSSR count). The minimum atomic E-state index is -0.974. The minimum absolute atomic E-state index is 0.00215. The standard InChI is InChI=1S/C37H65N5O7.C3H8.C2H6/c1-14-18-27(16-3)34(45)26(8)39-36(46)25(7)35(49-13)28-19-17-20-42(28)30(43)21-29(48-12)33(24(6)15-2)41(11)31(44)22-38-37(47)32(23(4)5)40(9)10;1-3-2;1-2/h14,16,18,23-26,28-29,32-35,45H,1,3,15,17,19-22H2,2,4-13H3,(H,38,47)(H,39,46);3H2,1-2H3;1-2H3/b27-18+;;. The van der Waals surface area contributed by atoms with Crippen molar-refractivity contribution in [1.82, 2.24) is 25.3 Å². The van der Waals surface area contributed by atoms with Gasteiger partial charge in [0.05, 0.1) is 61.4 Å². The van der Waals surface area contributed by atoms with Gasteiger partial charge in [0.25, 0.3) is 0 Å². The number of aliphatic hydroxyl groups excluding tert-OH is 1. The van der Waals surface area contributed by atoms with Gasteiger partial charge in [0.15, 0.2) is 0 Å². The highest BCUT2D eigenvalue weighted by Crippen LogP contribution is 2.29. The molecular weight excluding hydrogens is 686 g/mol. The molecule has 54 heavy (non-hydrogen) atoms. The Bertz CT molecular complexity index is 1150. The summed E-state index contributed by atoms with van der Waals surface area (Å²) in [5.74, 6) is -1.50. The van der Waals surface area contributed by atoms with Crippen LogP contribution in [0.5, 0.6) is 0 Å². The van der Waals surface area contributed by atoms with Gasteiger partial charge in [-0.25, -0.2) is 0 Å². The van der Waals surface area contributed by atoms with E-state index in [9.17, 15) is 24.3 Å². The van der Waals surface area contributed by atoms with E-state index in [1.54, 1.807) is 50.0 Å². The van der Waals surface area contributed by atoms with E-state index in [0.29, 0.717) is 18.5 Å². The van der Waals surface area contributed by atoms with Crippen molar-refractivity contribution < 1.29 is 33.8 Å². The first-order chi connectivity index (χ1) is 25.4. The van der Waals surface area contributed by atoms with Gasteiger partial charge in [-0.05, 0) is 51.3 Å². The third-order valence-electron chi connectivity index (χ3n) is 9.91. The Morgan fingerprint density at radius 3 is 1.98 bits per heavy atom. The number of likely N-dealkylation sites (N-methyl/N-ethyl adjacent to an activating group) is 2. The van der Waals surface area contributed by atoms with Crippen molar-refractivity contribution in [3.8, 4) is 0 Å². The van der Waals surface area contributed by atoms with E-state index in [0.717, 1.165) is 12.8 Å². The van der Waals surface area contributed by atoms with Gasteiger partial charge in [-0.15, -0.1) is 0 Å². The molecule has 4 amide bonds. The molecule has 0 saturated carbocycles. The predicted molar refractivity (Wildman–Crippen MR) is 221 cm³/mol. The topological polar surface area (TPSA) is 141 Å². The summed E-state index contributed by atoms with van der Waals surface area (Å²) in [6, 6.07) is -1.74. The summed E-state index contributed by atoms with van der Waals surface area (Å²) >= 11 is 0. The lowest BCUT2D eigenvalue weighted by molar-refractivity contribution is -0.146. The Labute approximate surface area is 329 Å². The van der Waals surface area contributed by atoms with Crippen molar-refractivity contribution in [3.05, 3.63) is 37.0 Å². The smallest absolute Gasteiger partial charge is 0.242 e. The molecule has 0 aromatic carbocycles. The van der Waals surface area contributed by atoms with Crippen LogP contribution in [0.25, 0.3) is 0 Å². The maximum atomic E-state index is 14.0. The summed E-state index contributed by atoms with van der Waals surface area (Å²) < 4.78 is 11.8. The van der Waals surface area contributed by atoms with E-state index in [4.69, 9.17) is 9.47 Å². The number of amides is 4. The van der Waals surface area contributed by atoms with Crippen LogP contribution in [0.15, 0.2) is 37.0 Å². The molecule has 0 spiro atoms. The molecule has 0 aliphatic carbocycles. The van der Waals surface area contributed by atoms with E-state index in [1.165, 1.54) is 19.6 Å². The summed E-state index contributed by atoms with van der Waals surface area (Å²) in [6.07, 6.45) is 5.99. The van der Waals surface area contributed by atoms with Gasteiger partial charge in [-0.3, -0.25) is 24.1 Å². The van der Waals surface area contributed by atoms with Gasteiger partial charge >= 0.3 is 0 Å². The number of nitrogens with zero attached hydrogens (tertiary/aromatic N) is 3.